The fourth-order valence-corrected chi connectivity index (χ4v) is 7.52. The third-order valence-electron chi connectivity index (χ3n) is 6.43. The van der Waals surface area contributed by atoms with Crippen LogP contribution in [0.25, 0.3) is 0 Å². The lowest BCUT2D eigenvalue weighted by Gasteiger charge is -2.32. The summed E-state index contributed by atoms with van der Waals surface area (Å²) in [6, 6.07) is 5.69. The lowest BCUT2D eigenvalue weighted by Crippen LogP contribution is -2.41. The van der Waals surface area contributed by atoms with Crippen molar-refractivity contribution >= 4 is 44.3 Å². The molecule has 188 valence electrons. The number of sulfonamides is 1. The van der Waals surface area contributed by atoms with E-state index in [1.165, 1.54) is 51.9 Å². The Hall–Kier alpha value is -2.96. The van der Waals surface area contributed by atoms with Crippen LogP contribution in [0, 0.1) is 0 Å². The summed E-state index contributed by atoms with van der Waals surface area (Å²) in [6.45, 7) is 3.01. The van der Waals surface area contributed by atoms with Gasteiger partial charge in [-0.2, -0.15) is 4.31 Å². The Balaban J connectivity index is 1.54. The number of carbonyl (C=O) groups excluding carboxylic acids is 3. The number of nitrogens with two attached hydrogens (primary N) is 1. The van der Waals surface area contributed by atoms with Crippen LogP contribution >= 0.6 is 11.3 Å². The van der Waals surface area contributed by atoms with Gasteiger partial charge in [0.1, 0.15) is 5.00 Å². The highest BCUT2D eigenvalue weighted by Gasteiger charge is 2.32. The molecule has 2 aliphatic rings. The number of carbonyl (C=O) groups is 3. The van der Waals surface area contributed by atoms with Crippen LogP contribution in [0.15, 0.2) is 29.2 Å². The standard InChI is InChI=1S/C23H28N4O6S2/c1-14-5-3-4-11-27(14)35(31,32)16-8-6-15(7-9-16)21(29)25-22-19(20(24)28)17-10-12-26(23(30)33-2)13-18(17)34-22/h6-9,14H,3-5,10-13H2,1-2H3,(H2,24,28)(H,25,29). The van der Waals surface area contributed by atoms with E-state index in [0.717, 1.165) is 29.7 Å². The van der Waals surface area contributed by atoms with Crippen LogP contribution in [0.4, 0.5) is 9.80 Å². The minimum absolute atomic E-state index is 0.0658. The molecular formula is C23H28N4O6S2. The first-order chi connectivity index (χ1) is 16.6. The average Bonchev–Trinajstić information content (AvgIpc) is 3.20. The molecule has 12 heteroatoms. The Morgan fingerprint density at radius 1 is 1.14 bits per heavy atom. The van der Waals surface area contributed by atoms with Gasteiger partial charge in [-0.3, -0.25) is 9.59 Å². The molecule has 0 saturated carbocycles. The molecule has 1 aromatic heterocycles. The number of thiophene rings is 1. The van der Waals surface area contributed by atoms with E-state index in [-0.39, 0.29) is 28.6 Å². The zero-order valence-corrected chi connectivity index (χ0v) is 21.2. The van der Waals surface area contributed by atoms with E-state index in [4.69, 9.17) is 10.5 Å². The number of benzene rings is 1. The molecule has 0 bridgehead atoms. The number of primary amides is 1. The Morgan fingerprint density at radius 3 is 2.49 bits per heavy atom. The molecule has 3 heterocycles. The van der Waals surface area contributed by atoms with Crippen molar-refractivity contribution in [3.63, 3.8) is 0 Å². The highest BCUT2D eigenvalue weighted by Crippen LogP contribution is 2.37. The van der Waals surface area contributed by atoms with Crippen molar-refractivity contribution in [2.24, 2.45) is 5.73 Å². The predicted molar refractivity (Wildman–Crippen MR) is 131 cm³/mol. The molecule has 4 rings (SSSR count). The van der Waals surface area contributed by atoms with E-state index in [1.807, 2.05) is 6.92 Å². The summed E-state index contributed by atoms with van der Waals surface area (Å²) in [5.74, 6) is -1.16. The number of amides is 3. The second-order valence-electron chi connectivity index (χ2n) is 8.65. The van der Waals surface area contributed by atoms with Gasteiger partial charge in [0.15, 0.2) is 0 Å². The monoisotopic (exact) mass is 520 g/mol. The van der Waals surface area contributed by atoms with Crippen molar-refractivity contribution in [3.8, 4) is 0 Å². The van der Waals surface area contributed by atoms with Crippen molar-refractivity contribution < 1.29 is 27.5 Å². The molecule has 1 fully saturated rings. The van der Waals surface area contributed by atoms with E-state index in [9.17, 15) is 22.8 Å². The van der Waals surface area contributed by atoms with Crippen LogP contribution in [-0.2, 0) is 27.7 Å². The van der Waals surface area contributed by atoms with E-state index in [0.29, 0.717) is 24.5 Å². The molecule has 2 aliphatic heterocycles. The van der Waals surface area contributed by atoms with Crippen LogP contribution in [0.5, 0.6) is 0 Å². The number of rotatable bonds is 5. The largest absolute Gasteiger partial charge is 0.453 e. The Bertz CT molecular complexity index is 1260. The second kappa shape index (κ2) is 9.96. The number of hydrogen-bond donors (Lipinski definition) is 2. The Labute approximate surface area is 208 Å². The van der Waals surface area contributed by atoms with Gasteiger partial charge in [-0.1, -0.05) is 6.42 Å². The predicted octanol–water partition coefficient (Wildman–Crippen LogP) is 2.79. The zero-order chi connectivity index (χ0) is 25.3. The maximum Gasteiger partial charge on any atom is 0.409 e. The molecule has 1 saturated heterocycles. The number of anilines is 1. The fraction of sp³-hybridized carbons (Fsp3) is 0.435. The Morgan fingerprint density at radius 2 is 1.86 bits per heavy atom. The van der Waals surface area contributed by atoms with Crippen molar-refractivity contribution in [2.75, 3.05) is 25.5 Å². The van der Waals surface area contributed by atoms with Crippen molar-refractivity contribution in [3.05, 3.63) is 45.8 Å². The second-order valence-corrected chi connectivity index (χ2v) is 11.6. The number of ether oxygens (including phenoxy) is 1. The van der Waals surface area contributed by atoms with Gasteiger partial charge in [-0.05, 0) is 56.0 Å². The lowest BCUT2D eigenvalue weighted by atomic mass is 10.0. The smallest absolute Gasteiger partial charge is 0.409 e. The summed E-state index contributed by atoms with van der Waals surface area (Å²) in [5, 5.41) is 3.04. The zero-order valence-electron chi connectivity index (χ0n) is 19.6. The van der Waals surface area contributed by atoms with Crippen LogP contribution in [-0.4, -0.2) is 61.8 Å². The quantitative estimate of drug-likeness (QED) is 0.622. The van der Waals surface area contributed by atoms with Gasteiger partial charge in [0.05, 0.1) is 24.1 Å². The third-order valence-corrected chi connectivity index (χ3v) is 9.59. The molecule has 3 N–H and O–H groups in total. The number of nitrogens with one attached hydrogen (secondary N) is 1. The number of nitrogens with zero attached hydrogens (tertiary/aromatic N) is 2. The minimum atomic E-state index is -3.65. The molecule has 0 radical (unpaired) electrons. The highest BCUT2D eigenvalue weighted by molar-refractivity contribution is 7.89. The van der Waals surface area contributed by atoms with Crippen LogP contribution in [0.2, 0.25) is 0 Å². The topological polar surface area (TPSA) is 139 Å². The Kier molecular flexibility index (Phi) is 7.15. The van der Waals surface area contributed by atoms with Gasteiger partial charge in [0.25, 0.3) is 11.8 Å². The number of methoxy groups -OCH3 is 1. The van der Waals surface area contributed by atoms with Crippen LogP contribution < -0.4 is 11.1 Å². The first-order valence-corrected chi connectivity index (χ1v) is 13.6. The number of hydrogen-bond acceptors (Lipinski definition) is 7. The maximum absolute atomic E-state index is 13.0. The molecule has 0 spiro atoms. The van der Waals surface area contributed by atoms with E-state index in [2.05, 4.69) is 5.32 Å². The van der Waals surface area contributed by atoms with Gasteiger partial charge >= 0.3 is 6.09 Å². The van der Waals surface area contributed by atoms with Gasteiger partial charge in [-0.25, -0.2) is 13.2 Å². The summed E-state index contributed by atoms with van der Waals surface area (Å²) in [6.07, 6.45) is 2.60. The average molecular weight is 521 g/mol. The SMILES string of the molecule is COC(=O)N1CCc2c(sc(NC(=O)c3ccc(S(=O)(=O)N4CCCCC4C)cc3)c2C(N)=O)C1. The van der Waals surface area contributed by atoms with Crippen molar-refractivity contribution in [2.45, 2.75) is 50.1 Å². The first-order valence-electron chi connectivity index (χ1n) is 11.3. The van der Waals surface area contributed by atoms with E-state index in [1.54, 1.807) is 0 Å². The van der Waals surface area contributed by atoms with Crippen molar-refractivity contribution in [1.29, 1.82) is 0 Å². The van der Waals surface area contributed by atoms with E-state index >= 15 is 0 Å². The third kappa shape index (κ3) is 4.91. The first kappa shape index (κ1) is 25.1. The van der Waals surface area contributed by atoms with E-state index < -0.39 is 27.9 Å². The molecule has 1 atom stereocenters. The van der Waals surface area contributed by atoms with Crippen LogP contribution in [0.1, 0.15) is 57.3 Å². The lowest BCUT2D eigenvalue weighted by molar-refractivity contribution is 0.0999. The van der Waals surface area contributed by atoms with Gasteiger partial charge in [0.2, 0.25) is 10.0 Å². The summed E-state index contributed by atoms with van der Waals surface area (Å²) in [4.78, 5) is 39.4. The molecule has 1 aromatic carbocycles. The van der Waals surface area contributed by atoms with Gasteiger partial charge < -0.3 is 20.7 Å². The molecule has 2 aromatic rings. The minimum Gasteiger partial charge on any atom is -0.453 e. The molecule has 3 amide bonds. The molecule has 0 aliphatic carbocycles. The van der Waals surface area contributed by atoms with Crippen molar-refractivity contribution in [1.82, 2.24) is 9.21 Å². The fourth-order valence-electron chi connectivity index (χ4n) is 4.55. The van der Waals surface area contributed by atoms with Crippen LogP contribution in [0.3, 0.4) is 0 Å². The summed E-state index contributed by atoms with van der Waals surface area (Å²) in [7, 11) is -2.35. The summed E-state index contributed by atoms with van der Waals surface area (Å²) < 4.78 is 32.4. The van der Waals surface area contributed by atoms with Gasteiger partial charge in [0, 0.05) is 29.6 Å². The maximum atomic E-state index is 13.0. The normalized spacial score (nSPS) is 18.6. The van der Waals surface area contributed by atoms with Gasteiger partial charge in [-0.15, -0.1) is 11.3 Å². The molecular weight excluding hydrogens is 492 g/mol. The number of fused-ring (bicyclic) bond motifs is 1. The summed E-state index contributed by atoms with van der Waals surface area (Å²) >= 11 is 1.19. The molecule has 1 unspecified atom stereocenters. The summed E-state index contributed by atoms with van der Waals surface area (Å²) in [5.41, 5.74) is 6.81. The highest BCUT2D eigenvalue weighted by atomic mass is 32.2. The number of piperidine rings is 1. The molecule has 35 heavy (non-hydrogen) atoms. The molecule has 10 nitrogen and oxygen atoms in total.